The van der Waals surface area contributed by atoms with Crippen LogP contribution < -0.4 is 9.47 Å². The number of hydrogen-bond acceptors (Lipinski definition) is 3. The number of carbonyl (C=O) groups excluding carboxylic acids is 1. The number of hydrogen-bond donors (Lipinski definition) is 0. The molecule has 0 N–H and O–H groups in total. The van der Waals surface area contributed by atoms with Crippen LogP contribution in [0.15, 0.2) is 18.9 Å². The predicted octanol–water partition coefficient (Wildman–Crippen LogP) is 2.36. The first-order chi connectivity index (χ1) is 6.65. The molecule has 2 rings (SSSR count). The minimum absolute atomic E-state index is 0.306. The van der Waals surface area contributed by atoms with Crippen LogP contribution in [0.1, 0.15) is 21.5 Å². The third-order valence-electron chi connectivity index (χ3n) is 2.29. The Bertz CT molecular complexity index is 433. The molecule has 0 atom stereocenters. The predicted molar refractivity (Wildman–Crippen MR) is 51.7 cm³/mol. The van der Waals surface area contributed by atoms with E-state index in [0.717, 1.165) is 11.1 Å². The summed E-state index contributed by atoms with van der Waals surface area (Å²) in [4.78, 5) is 11.3. The Labute approximate surface area is 81.9 Å². The van der Waals surface area contributed by atoms with Crippen LogP contribution in [-0.2, 0) is 0 Å². The van der Waals surface area contributed by atoms with Gasteiger partial charge in [-0.05, 0) is 25.5 Å². The summed E-state index contributed by atoms with van der Waals surface area (Å²) >= 11 is 0. The van der Waals surface area contributed by atoms with Crippen molar-refractivity contribution in [1.82, 2.24) is 0 Å². The zero-order chi connectivity index (χ0) is 10.3. The first kappa shape index (κ1) is 8.81. The normalized spacial score (nSPS) is 12.6. The summed E-state index contributed by atoms with van der Waals surface area (Å²) in [6, 6.07) is 1.77. The van der Waals surface area contributed by atoms with Crippen LogP contribution in [0.5, 0.6) is 11.5 Å². The zero-order valence-electron chi connectivity index (χ0n) is 8.09. The number of carbonyl (C=O) groups is 1. The van der Waals surface area contributed by atoms with Gasteiger partial charge in [0, 0.05) is 5.56 Å². The van der Waals surface area contributed by atoms with E-state index in [4.69, 9.17) is 9.47 Å². The molecule has 3 heteroatoms. The molecule has 1 aromatic carbocycles. The van der Waals surface area contributed by atoms with Gasteiger partial charge in [0.05, 0.1) is 11.8 Å². The third-order valence-corrected chi connectivity index (χ3v) is 2.29. The first-order valence-corrected chi connectivity index (χ1v) is 4.29. The molecule has 0 aromatic heterocycles. The fourth-order valence-corrected chi connectivity index (χ4v) is 1.57. The zero-order valence-corrected chi connectivity index (χ0v) is 8.09. The molecular formula is C11H10O3. The Kier molecular flexibility index (Phi) is 1.81. The number of fused-ring (bicyclic) bond motifs is 2. The van der Waals surface area contributed by atoms with Gasteiger partial charge in [0.15, 0.2) is 11.5 Å². The summed E-state index contributed by atoms with van der Waals surface area (Å²) in [5.74, 6) is 0.788. The maximum Gasteiger partial charge on any atom is 0.344 e. The van der Waals surface area contributed by atoms with E-state index < -0.39 is 0 Å². The molecule has 0 spiro atoms. The highest BCUT2D eigenvalue weighted by molar-refractivity contribution is 5.98. The average Bonchev–Trinajstić information content (AvgIpc) is 2.32. The molecule has 0 saturated carbocycles. The number of rotatable bonds is 2. The fraction of sp³-hybridized carbons (Fsp3) is 0.182. The van der Waals surface area contributed by atoms with Gasteiger partial charge in [-0.15, -0.1) is 0 Å². The van der Waals surface area contributed by atoms with Crippen molar-refractivity contribution in [3.05, 3.63) is 35.6 Å². The Hall–Kier alpha value is -1.77. The molecule has 0 unspecified atom stereocenters. The topological polar surface area (TPSA) is 35.5 Å². The van der Waals surface area contributed by atoms with Crippen LogP contribution in [-0.4, -0.2) is 5.97 Å². The largest absolute Gasteiger partial charge is 0.461 e. The summed E-state index contributed by atoms with van der Waals surface area (Å²) in [6.07, 6.45) is 1.32. The van der Waals surface area contributed by atoms with E-state index in [9.17, 15) is 4.79 Å². The second kappa shape index (κ2) is 2.87. The van der Waals surface area contributed by atoms with Gasteiger partial charge in [0.25, 0.3) is 0 Å². The lowest BCUT2D eigenvalue weighted by Crippen LogP contribution is -1.99. The van der Waals surface area contributed by atoms with Crippen LogP contribution in [0.3, 0.4) is 0 Å². The van der Waals surface area contributed by atoms with Crippen LogP contribution in [0.2, 0.25) is 0 Å². The summed E-state index contributed by atoms with van der Waals surface area (Å²) in [5, 5.41) is 0. The summed E-state index contributed by atoms with van der Waals surface area (Å²) in [6.45, 7) is 7.18. The second-order valence-corrected chi connectivity index (χ2v) is 3.20. The molecule has 1 heterocycles. The molecular weight excluding hydrogens is 180 g/mol. The Balaban J connectivity index is 2.65. The minimum atomic E-state index is -0.306. The fourth-order valence-electron chi connectivity index (χ4n) is 1.57. The summed E-state index contributed by atoms with van der Waals surface area (Å²) < 4.78 is 10.3. The van der Waals surface area contributed by atoms with Gasteiger partial charge in [-0.3, -0.25) is 0 Å². The number of esters is 1. The molecule has 0 saturated heterocycles. The van der Waals surface area contributed by atoms with Crippen molar-refractivity contribution in [1.29, 1.82) is 0 Å². The number of aryl methyl sites for hydroxylation is 1. The highest BCUT2D eigenvalue weighted by Gasteiger charge is 2.28. The molecule has 0 fully saturated rings. The molecule has 72 valence electrons. The van der Waals surface area contributed by atoms with E-state index in [1.807, 2.05) is 13.8 Å². The van der Waals surface area contributed by atoms with Crippen molar-refractivity contribution in [2.24, 2.45) is 0 Å². The van der Waals surface area contributed by atoms with E-state index >= 15 is 0 Å². The third kappa shape index (κ3) is 1.02. The molecule has 1 aliphatic rings. The highest BCUT2D eigenvalue weighted by atomic mass is 16.6. The summed E-state index contributed by atoms with van der Waals surface area (Å²) in [5.41, 5.74) is 2.33. The number of ether oxygens (including phenoxy) is 2. The maximum atomic E-state index is 11.3. The highest BCUT2D eigenvalue weighted by Crippen LogP contribution is 2.41. The monoisotopic (exact) mass is 190 g/mol. The smallest absolute Gasteiger partial charge is 0.344 e. The lowest BCUT2D eigenvalue weighted by Gasteiger charge is -2.06. The quantitative estimate of drug-likeness (QED) is 0.530. The minimum Gasteiger partial charge on any atom is -0.461 e. The van der Waals surface area contributed by atoms with E-state index in [1.54, 1.807) is 6.07 Å². The molecule has 1 aromatic rings. The molecule has 0 amide bonds. The van der Waals surface area contributed by atoms with Crippen molar-refractivity contribution in [3.8, 4) is 11.5 Å². The Morgan fingerprint density at radius 2 is 2.21 bits per heavy atom. The van der Waals surface area contributed by atoms with Crippen molar-refractivity contribution < 1.29 is 14.3 Å². The van der Waals surface area contributed by atoms with Gasteiger partial charge in [0.1, 0.15) is 0 Å². The maximum absolute atomic E-state index is 11.3. The van der Waals surface area contributed by atoms with E-state index in [2.05, 4.69) is 6.58 Å². The van der Waals surface area contributed by atoms with Gasteiger partial charge in [0.2, 0.25) is 0 Å². The summed E-state index contributed by atoms with van der Waals surface area (Å²) in [7, 11) is 0. The molecule has 0 radical (unpaired) electrons. The van der Waals surface area contributed by atoms with Crippen molar-refractivity contribution in [2.75, 3.05) is 0 Å². The molecule has 1 aliphatic heterocycles. The van der Waals surface area contributed by atoms with Gasteiger partial charge >= 0.3 is 5.97 Å². The van der Waals surface area contributed by atoms with Crippen molar-refractivity contribution in [3.63, 3.8) is 0 Å². The van der Waals surface area contributed by atoms with Crippen molar-refractivity contribution >= 4 is 5.97 Å². The van der Waals surface area contributed by atoms with Gasteiger partial charge in [-0.1, -0.05) is 6.58 Å². The van der Waals surface area contributed by atoms with Crippen molar-refractivity contribution in [2.45, 2.75) is 13.8 Å². The van der Waals surface area contributed by atoms with Crippen LogP contribution >= 0.6 is 0 Å². The van der Waals surface area contributed by atoms with E-state index in [-0.39, 0.29) is 5.97 Å². The average molecular weight is 190 g/mol. The molecule has 14 heavy (non-hydrogen) atoms. The molecule has 3 nitrogen and oxygen atoms in total. The lowest BCUT2D eigenvalue weighted by molar-refractivity contribution is 0.0752. The van der Waals surface area contributed by atoms with Crippen LogP contribution in [0.25, 0.3) is 0 Å². The first-order valence-electron chi connectivity index (χ1n) is 4.29. The molecule has 0 aliphatic carbocycles. The van der Waals surface area contributed by atoms with Gasteiger partial charge < -0.3 is 9.47 Å². The van der Waals surface area contributed by atoms with Gasteiger partial charge in [-0.2, -0.15) is 0 Å². The SMILES string of the molecule is C=COc1c(C)cc2c(C)c1OC2=O. The standard InChI is InChI=1S/C11H10O3/c1-4-13-9-6(2)5-8-7(3)10(9)14-11(8)12/h4-5H,1H2,2-3H3. The van der Waals surface area contributed by atoms with Crippen LogP contribution in [0.4, 0.5) is 0 Å². The van der Waals surface area contributed by atoms with E-state index in [0.29, 0.717) is 17.1 Å². The Morgan fingerprint density at radius 1 is 1.50 bits per heavy atom. The van der Waals surface area contributed by atoms with E-state index in [1.165, 1.54) is 6.26 Å². The molecule has 2 bridgehead atoms. The Morgan fingerprint density at radius 3 is 2.86 bits per heavy atom. The number of benzene rings is 1. The lowest BCUT2D eigenvalue weighted by atomic mass is 10.1. The van der Waals surface area contributed by atoms with Gasteiger partial charge in [-0.25, -0.2) is 4.79 Å². The van der Waals surface area contributed by atoms with Crippen LogP contribution in [0, 0.1) is 13.8 Å². The second-order valence-electron chi connectivity index (χ2n) is 3.20.